The van der Waals surface area contributed by atoms with Crippen LogP contribution in [0.5, 0.6) is 5.75 Å². The number of hydrogen-bond donors (Lipinski definition) is 2. The molecule has 0 radical (unpaired) electrons. The highest BCUT2D eigenvalue weighted by Crippen LogP contribution is 2.26. The van der Waals surface area contributed by atoms with E-state index >= 15 is 0 Å². The van der Waals surface area contributed by atoms with Crippen LogP contribution in [0, 0.1) is 6.92 Å². The van der Waals surface area contributed by atoms with Gasteiger partial charge in [-0.2, -0.15) is 0 Å². The summed E-state index contributed by atoms with van der Waals surface area (Å²) in [6.07, 6.45) is 0. The van der Waals surface area contributed by atoms with Crippen LogP contribution in [0.1, 0.15) is 17.2 Å². The number of methoxy groups -OCH3 is 1. The molecule has 0 heterocycles. The van der Waals surface area contributed by atoms with E-state index in [2.05, 4.69) is 0 Å². The first-order valence-electron chi connectivity index (χ1n) is 4.20. The van der Waals surface area contributed by atoms with Crippen molar-refractivity contribution in [1.29, 1.82) is 0 Å². The number of ether oxygens (including phenoxy) is 1. The number of aryl methyl sites for hydroxylation is 1. The minimum atomic E-state index is -0.365. The van der Waals surface area contributed by atoms with Crippen molar-refractivity contribution < 1.29 is 9.84 Å². The van der Waals surface area contributed by atoms with E-state index in [0.29, 0.717) is 0 Å². The lowest BCUT2D eigenvalue weighted by atomic mass is 10.0. The number of hydrogen-bond acceptors (Lipinski definition) is 3. The molecule has 1 aromatic rings. The Kier molecular flexibility index (Phi) is 3.28. The van der Waals surface area contributed by atoms with Gasteiger partial charge in [-0.05, 0) is 18.6 Å². The Hall–Kier alpha value is -1.06. The Morgan fingerprint density at radius 1 is 1.54 bits per heavy atom. The fourth-order valence-corrected chi connectivity index (χ4v) is 1.40. The van der Waals surface area contributed by atoms with Gasteiger partial charge in [0.05, 0.1) is 19.8 Å². The first kappa shape index (κ1) is 10.0. The fraction of sp³-hybridized carbons (Fsp3) is 0.400. The molecule has 3 N–H and O–H groups in total. The smallest absolute Gasteiger partial charge is 0.123 e. The zero-order valence-corrected chi connectivity index (χ0v) is 7.95. The zero-order chi connectivity index (χ0) is 9.84. The van der Waals surface area contributed by atoms with Crippen molar-refractivity contribution >= 4 is 0 Å². The van der Waals surface area contributed by atoms with Crippen molar-refractivity contribution in [2.75, 3.05) is 13.7 Å². The minimum absolute atomic E-state index is 0.0682. The summed E-state index contributed by atoms with van der Waals surface area (Å²) in [4.78, 5) is 0. The minimum Gasteiger partial charge on any atom is -0.496 e. The summed E-state index contributed by atoms with van der Waals surface area (Å²) in [6, 6.07) is 5.34. The summed E-state index contributed by atoms with van der Waals surface area (Å²) < 4.78 is 5.16. The second kappa shape index (κ2) is 4.25. The second-order valence-corrected chi connectivity index (χ2v) is 2.98. The predicted molar refractivity (Wildman–Crippen MR) is 51.7 cm³/mol. The molecule has 0 aliphatic heterocycles. The third-order valence-corrected chi connectivity index (χ3v) is 2.07. The monoisotopic (exact) mass is 181 g/mol. The summed E-state index contributed by atoms with van der Waals surface area (Å²) >= 11 is 0. The number of aliphatic hydroxyl groups excluding tert-OH is 1. The molecule has 0 aliphatic carbocycles. The largest absolute Gasteiger partial charge is 0.496 e. The predicted octanol–water partition coefficient (Wildman–Crippen LogP) is 0.996. The van der Waals surface area contributed by atoms with Gasteiger partial charge < -0.3 is 15.6 Å². The molecule has 0 aliphatic rings. The van der Waals surface area contributed by atoms with Gasteiger partial charge in [0.15, 0.2) is 0 Å². The molecule has 1 atom stereocenters. The van der Waals surface area contributed by atoms with E-state index in [-0.39, 0.29) is 12.6 Å². The lowest BCUT2D eigenvalue weighted by Crippen LogP contribution is -2.16. The first-order valence-corrected chi connectivity index (χ1v) is 4.20. The summed E-state index contributed by atoms with van der Waals surface area (Å²) in [7, 11) is 1.60. The molecule has 0 spiro atoms. The van der Waals surface area contributed by atoms with E-state index < -0.39 is 0 Å². The van der Waals surface area contributed by atoms with Crippen LogP contribution in [0.25, 0.3) is 0 Å². The molecule has 0 saturated carbocycles. The number of aliphatic hydroxyl groups is 1. The van der Waals surface area contributed by atoms with E-state index in [0.717, 1.165) is 16.9 Å². The average Bonchev–Trinajstić information content (AvgIpc) is 2.16. The Bertz CT molecular complexity index is 286. The summed E-state index contributed by atoms with van der Waals surface area (Å²) in [5, 5.41) is 8.95. The molecule has 0 saturated heterocycles. The summed E-state index contributed by atoms with van der Waals surface area (Å²) in [5.41, 5.74) is 7.67. The number of rotatable bonds is 3. The van der Waals surface area contributed by atoms with Crippen molar-refractivity contribution in [1.82, 2.24) is 0 Å². The van der Waals surface area contributed by atoms with E-state index in [1.165, 1.54) is 0 Å². The maximum atomic E-state index is 8.95. The fourth-order valence-electron chi connectivity index (χ4n) is 1.40. The lowest BCUT2D eigenvalue weighted by Gasteiger charge is -2.15. The Balaban J connectivity index is 3.14. The van der Waals surface area contributed by atoms with Crippen LogP contribution in [0.15, 0.2) is 18.2 Å². The van der Waals surface area contributed by atoms with Gasteiger partial charge in [0.2, 0.25) is 0 Å². The second-order valence-electron chi connectivity index (χ2n) is 2.98. The van der Waals surface area contributed by atoms with Gasteiger partial charge in [-0.3, -0.25) is 0 Å². The van der Waals surface area contributed by atoms with Crippen LogP contribution in [-0.4, -0.2) is 18.8 Å². The normalized spacial score (nSPS) is 12.6. The molecular weight excluding hydrogens is 166 g/mol. The number of nitrogens with two attached hydrogens (primary N) is 1. The molecule has 1 unspecified atom stereocenters. The standard InChI is InChI=1S/C10H15NO2/c1-7-4-3-5-9(13-2)10(7)8(11)6-12/h3-5,8,12H,6,11H2,1-2H3. The molecule has 1 rings (SSSR count). The third kappa shape index (κ3) is 1.99. The van der Waals surface area contributed by atoms with Crippen LogP contribution in [0.3, 0.4) is 0 Å². The molecule has 13 heavy (non-hydrogen) atoms. The van der Waals surface area contributed by atoms with E-state index in [1.807, 2.05) is 25.1 Å². The van der Waals surface area contributed by atoms with Gasteiger partial charge in [0, 0.05) is 5.56 Å². The van der Waals surface area contributed by atoms with Gasteiger partial charge in [0.25, 0.3) is 0 Å². The van der Waals surface area contributed by atoms with Gasteiger partial charge in [-0.25, -0.2) is 0 Å². The van der Waals surface area contributed by atoms with Gasteiger partial charge in [0.1, 0.15) is 5.75 Å². The van der Waals surface area contributed by atoms with Gasteiger partial charge >= 0.3 is 0 Å². The van der Waals surface area contributed by atoms with Crippen LogP contribution in [-0.2, 0) is 0 Å². The first-order chi connectivity index (χ1) is 6.20. The molecule has 72 valence electrons. The molecule has 1 aromatic carbocycles. The average molecular weight is 181 g/mol. The van der Waals surface area contributed by atoms with Crippen LogP contribution < -0.4 is 10.5 Å². The molecule has 0 aromatic heterocycles. The Morgan fingerprint density at radius 2 is 2.23 bits per heavy atom. The molecular formula is C10H15NO2. The van der Waals surface area contributed by atoms with Crippen molar-refractivity contribution in [2.45, 2.75) is 13.0 Å². The van der Waals surface area contributed by atoms with Gasteiger partial charge in [-0.15, -0.1) is 0 Å². The molecule has 0 amide bonds. The topological polar surface area (TPSA) is 55.5 Å². The quantitative estimate of drug-likeness (QED) is 0.731. The SMILES string of the molecule is COc1cccc(C)c1C(N)CO. The van der Waals surface area contributed by atoms with Crippen molar-refractivity contribution in [3.63, 3.8) is 0 Å². The van der Waals surface area contributed by atoms with E-state index in [4.69, 9.17) is 15.6 Å². The Labute approximate surface area is 78.1 Å². The van der Waals surface area contributed by atoms with Crippen LogP contribution >= 0.6 is 0 Å². The maximum Gasteiger partial charge on any atom is 0.123 e. The summed E-state index contributed by atoms with van der Waals surface area (Å²) in [5.74, 6) is 0.738. The maximum absolute atomic E-state index is 8.95. The summed E-state index contributed by atoms with van der Waals surface area (Å²) in [6.45, 7) is 1.88. The van der Waals surface area contributed by atoms with Gasteiger partial charge in [-0.1, -0.05) is 12.1 Å². The molecule has 0 bridgehead atoms. The van der Waals surface area contributed by atoms with E-state index in [1.54, 1.807) is 7.11 Å². The van der Waals surface area contributed by atoms with E-state index in [9.17, 15) is 0 Å². The van der Waals surface area contributed by atoms with Crippen molar-refractivity contribution in [2.24, 2.45) is 5.73 Å². The highest BCUT2D eigenvalue weighted by molar-refractivity contribution is 5.41. The lowest BCUT2D eigenvalue weighted by molar-refractivity contribution is 0.264. The highest BCUT2D eigenvalue weighted by Gasteiger charge is 2.12. The molecule has 0 fully saturated rings. The van der Waals surface area contributed by atoms with Crippen LogP contribution in [0.4, 0.5) is 0 Å². The van der Waals surface area contributed by atoms with Crippen molar-refractivity contribution in [3.05, 3.63) is 29.3 Å². The third-order valence-electron chi connectivity index (χ3n) is 2.07. The van der Waals surface area contributed by atoms with Crippen molar-refractivity contribution in [3.8, 4) is 5.75 Å². The molecule has 3 nitrogen and oxygen atoms in total. The number of benzene rings is 1. The highest BCUT2D eigenvalue weighted by atomic mass is 16.5. The Morgan fingerprint density at radius 3 is 2.77 bits per heavy atom. The molecule has 3 heteroatoms. The van der Waals surface area contributed by atoms with Crippen LogP contribution in [0.2, 0.25) is 0 Å². The zero-order valence-electron chi connectivity index (χ0n) is 7.95.